The Morgan fingerprint density at radius 2 is 1.51 bits per heavy atom. The van der Waals surface area contributed by atoms with Gasteiger partial charge in [-0.2, -0.15) is 0 Å². The Morgan fingerprint density at radius 3 is 2.13 bits per heavy atom. The van der Waals surface area contributed by atoms with Crippen molar-refractivity contribution in [2.75, 3.05) is 26.2 Å². The van der Waals surface area contributed by atoms with Gasteiger partial charge >= 0.3 is 0 Å². The summed E-state index contributed by atoms with van der Waals surface area (Å²) in [5.74, 6) is 1.54. The van der Waals surface area contributed by atoms with Gasteiger partial charge in [0, 0.05) is 30.8 Å². The van der Waals surface area contributed by atoms with E-state index < -0.39 is 6.10 Å². The van der Waals surface area contributed by atoms with Gasteiger partial charge in [0.05, 0.1) is 5.69 Å². The molecule has 39 heavy (non-hydrogen) atoms. The summed E-state index contributed by atoms with van der Waals surface area (Å²) in [6.45, 7) is 6.52. The molecule has 0 radical (unpaired) electrons. The van der Waals surface area contributed by atoms with Crippen molar-refractivity contribution in [1.29, 1.82) is 0 Å². The number of benzene rings is 3. The van der Waals surface area contributed by atoms with E-state index in [2.05, 4.69) is 70.7 Å². The number of nitrogens with zero attached hydrogens (tertiary/aromatic N) is 2. The molecule has 5 nitrogen and oxygen atoms in total. The minimum absolute atomic E-state index is 0.245. The highest BCUT2D eigenvalue weighted by Crippen LogP contribution is 2.32. The monoisotopic (exact) mass is 520 g/mol. The van der Waals surface area contributed by atoms with Crippen LogP contribution in [0.1, 0.15) is 46.5 Å². The van der Waals surface area contributed by atoms with Gasteiger partial charge in [0.2, 0.25) is 0 Å². The lowest BCUT2D eigenvalue weighted by molar-refractivity contribution is 0.0655. The Bertz CT molecular complexity index is 1350. The number of aliphatic hydroxyl groups is 1. The van der Waals surface area contributed by atoms with Crippen LogP contribution in [-0.4, -0.2) is 47.5 Å². The lowest BCUT2D eigenvalue weighted by Gasteiger charge is -2.31. The minimum Gasteiger partial charge on any atom is -0.490 e. The first-order valence-electron chi connectivity index (χ1n) is 13.6. The molecule has 5 rings (SSSR count). The van der Waals surface area contributed by atoms with E-state index in [1.165, 1.54) is 22.3 Å². The van der Waals surface area contributed by atoms with Gasteiger partial charge in [-0.1, -0.05) is 95.7 Å². The van der Waals surface area contributed by atoms with Gasteiger partial charge < -0.3 is 14.4 Å². The Hall–Kier alpha value is -3.93. The summed E-state index contributed by atoms with van der Waals surface area (Å²) in [6.07, 6.45) is 5.41. The largest absolute Gasteiger partial charge is 0.490 e. The quantitative estimate of drug-likeness (QED) is 0.263. The highest BCUT2D eigenvalue weighted by molar-refractivity contribution is 5.82. The van der Waals surface area contributed by atoms with Gasteiger partial charge in [-0.25, -0.2) is 0 Å². The van der Waals surface area contributed by atoms with E-state index in [-0.39, 0.29) is 6.61 Å². The molecular formula is C34H36N2O3. The first-order valence-corrected chi connectivity index (χ1v) is 13.6. The topological polar surface area (TPSA) is 58.7 Å². The average Bonchev–Trinajstić information content (AvgIpc) is 3.30. The number of piperidine rings is 1. The van der Waals surface area contributed by atoms with Crippen molar-refractivity contribution in [2.45, 2.75) is 32.8 Å². The fraction of sp³-hybridized carbons (Fsp3) is 0.265. The van der Waals surface area contributed by atoms with Crippen molar-refractivity contribution in [2.24, 2.45) is 0 Å². The maximum absolute atomic E-state index is 10.8. The normalized spacial score (nSPS) is 15.0. The first kappa shape index (κ1) is 26.7. The van der Waals surface area contributed by atoms with Crippen molar-refractivity contribution in [1.82, 2.24) is 10.1 Å². The number of ether oxygens (including phenoxy) is 1. The average molecular weight is 521 g/mol. The van der Waals surface area contributed by atoms with Crippen LogP contribution < -0.4 is 4.74 Å². The van der Waals surface area contributed by atoms with Crippen molar-refractivity contribution in [3.63, 3.8) is 0 Å². The number of aromatic nitrogens is 1. The highest BCUT2D eigenvalue weighted by Gasteiger charge is 2.21. The predicted octanol–water partition coefficient (Wildman–Crippen LogP) is 6.80. The third-order valence-corrected chi connectivity index (χ3v) is 7.28. The second-order valence-electron chi connectivity index (χ2n) is 10.1. The molecule has 2 heterocycles. The zero-order valence-electron chi connectivity index (χ0n) is 22.7. The van der Waals surface area contributed by atoms with Gasteiger partial charge in [0.15, 0.2) is 0 Å². The Morgan fingerprint density at radius 1 is 0.897 bits per heavy atom. The maximum Gasteiger partial charge on any atom is 0.141 e. The summed E-state index contributed by atoms with van der Waals surface area (Å²) in [7, 11) is 0. The molecule has 1 unspecified atom stereocenters. The number of rotatable bonds is 9. The molecule has 1 saturated heterocycles. The Balaban J connectivity index is 1.19. The van der Waals surface area contributed by atoms with E-state index in [0.29, 0.717) is 6.54 Å². The SMILES string of the molecule is Cc1noc(C)c1/C=C/c1ccccc1OCC(O)CN1CCC(=C(c2ccccc2)c2ccccc2)CC1. The molecule has 0 spiro atoms. The number of hydrogen-bond donors (Lipinski definition) is 1. The lowest BCUT2D eigenvalue weighted by atomic mass is 9.88. The third-order valence-electron chi connectivity index (χ3n) is 7.28. The molecular weight excluding hydrogens is 484 g/mol. The zero-order chi connectivity index (χ0) is 27.0. The Kier molecular flexibility index (Phi) is 8.71. The van der Waals surface area contributed by atoms with Crippen LogP contribution in [-0.2, 0) is 0 Å². The first-order chi connectivity index (χ1) is 19.1. The van der Waals surface area contributed by atoms with Gasteiger partial charge in [0.1, 0.15) is 24.2 Å². The smallest absolute Gasteiger partial charge is 0.141 e. The molecule has 1 atom stereocenters. The van der Waals surface area contributed by atoms with Gasteiger partial charge in [-0.3, -0.25) is 4.90 Å². The van der Waals surface area contributed by atoms with E-state index in [1.54, 1.807) is 0 Å². The molecule has 0 saturated carbocycles. The minimum atomic E-state index is -0.571. The summed E-state index contributed by atoms with van der Waals surface area (Å²) >= 11 is 0. The fourth-order valence-corrected chi connectivity index (χ4v) is 5.23. The molecule has 1 aromatic heterocycles. The van der Waals surface area contributed by atoms with Crippen LogP contribution in [0.3, 0.4) is 0 Å². The molecule has 1 N–H and O–H groups in total. The third kappa shape index (κ3) is 6.75. The van der Waals surface area contributed by atoms with Crippen molar-refractivity contribution in [3.8, 4) is 5.75 Å². The number of hydrogen-bond acceptors (Lipinski definition) is 5. The van der Waals surface area contributed by atoms with Gasteiger partial charge in [0.25, 0.3) is 0 Å². The van der Waals surface area contributed by atoms with E-state index in [4.69, 9.17) is 9.26 Å². The second kappa shape index (κ2) is 12.7. The summed E-state index contributed by atoms with van der Waals surface area (Å²) in [6, 6.07) is 29.2. The summed E-state index contributed by atoms with van der Waals surface area (Å²) < 4.78 is 11.3. The summed E-state index contributed by atoms with van der Waals surface area (Å²) in [5, 5.41) is 14.8. The Labute approximate surface area is 231 Å². The lowest BCUT2D eigenvalue weighted by Crippen LogP contribution is -2.39. The van der Waals surface area contributed by atoms with Crippen LogP contribution >= 0.6 is 0 Å². The van der Waals surface area contributed by atoms with Crippen LogP contribution in [0.2, 0.25) is 0 Å². The van der Waals surface area contributed by atoms with E-state index in [1.807, 2.05) is 50.3 Å². The van der Waals surface area contributed by atoms with Crippen LogP contribution in [0.4, 0.5) is 0 Å². The highest BCUT2D eigenvalue weighted by atomic mass is 16.5. The standard InChI is InChI=1S/C34H36N2O3/c1-25-32(26(2)39-35-25)18-17-27-11-9-10-16-33(27)38-24-31(37)23-36-21-19-30(20-22-36)34(28-12-5-3-6-13-28)29-14-7-4-8-15-29/h3-18,31,37H,19-24H2,1-2H3/b18-17+. The van der Waals surface area contributed by atoms with Gasteiger partial charge in [-0.15, -0.1) is 0 Å². The zero-order valence-corrected chi connectivity index (χ0v) is 22.7. The van der Waals surface area contributed by atoms with Crippen LogP contribution in [0.25, 0.3) is 17.7 Å². The molecule has 200 valence electrons. The maximum atomic E-state index is 10.8. The van der Waals surface area contributed by atoms with Gasteiger partial charge in [-0.05, 0) is 55.5 Å². The predicted molar refractivity (Wildman–Crippen MR) is 157 cm³/mol. The molecule has 1 aliphatic heterocycles. The van der Waals surface area contributed by atoms with Crippen molar-refractivity contribution in [3.05, 3.63) is 124 Å². The molecule has 4 aromatic rings. The molecule has 3 aromatic carbocycles. The summed E-state index contributed by atoms with van der Waals surface area (Å²) in [4.78, 5) is 2.34. The van der Waals surface area contributed by atoms with Crippen LogP contribution in [0.5, 0.6) is 5.75 Å². The molecule has 0 aliphatic carbocycles. The van der Waals surface area contributed by atoms with Crippen LogP contribution in [0.15, 0.2) is 95.0 Å². The van der Waals surface area contributed by atoms with E-state index >= 15 is 0 Å². The van der Waals surface area contributed by atoms with E-state index in [9.17, 15) is 5.11 Å². The molecule has 1 fully saturated rings. The molecule has 5 heteroatoms. The number of para-hydroxylation sites is 1. The number of aryl methyl sites for hydroxylation is 2. The number of aliphatic hydroxyl groups excluding tert-OH is 1. The molecule has 0 amide bonds. The molecule has 1 aliphatic rings. The van der Waals surface area contributed by atoms with Crippen molar-refractivity contribution < 1.29 is 14.4 Å². The second-order valence-corrected chi connectivity index (χ2v) is 10.1. The number of likely N-dealkylation sites (tertiary alicyclic amines) is 1. The number of β-amino-alcohol motifs (C(OH)–C–C–N with tert-alkyl or cyclic N) is 1. The van der Waals surface area contributed by atoms with Crippen molar-refractivity contribution >= 4 is 17.7 Å². The summed E-state index contributed by atoms with van der Waals surface area (Å²) in [5.41, 5.74) is 8.15. The molecule has 0 bridgehead atoms. The van der Waals surface area contributed by atoms with E-state index in [0.717, 1.165) is 54.3 Å². The van der Waals surface area contributed by atoms with Crippen LogP contribution in [0, 0.1) is 13.8 Å². The fourth-order valence-electron chi connectivity index (χ4n) is 5.23.